The third-order valence-electron chi connectivity index (χ3n) is 2.96. The maximum absolute atomic E-state index is 8.71. The van der Waals surface area contributed by atoms with Gasteiger partial charge in [-0.05, 0) is 26.9 Å². The molecule has 0 fully saturated rings. The van der Waals surface area contributed by atoms with Crippen LogP contribution in [-0.2, 0) is 0 Å². The van der Waals surface area contributed by atoms with Crippen LogP contribution >= 0.6 is 0 Å². The number of nitrogens with zero attached hydrogens (tertiary/aromatic N) is 2. The first kappa shape index (κ1) is 14.5. The van der Waals surface area contributed by atoms with Crippen molar-refractivity contribution in [2.24, 2.45) is 0 Å². The van der Waals surface area contributed by atoms with Crippen LogP contribution in [0.2, 0.25) is 0 Å². The first-order chi connectivity index (χ1) is 7.22. The van der Waals surface area contributed by atoms with E-state index in [9.17, 15) is 0 Å². The molecule has 0 radical (unpaired) electrons. The van der Waals surface area contributed by atoms with Crippen molar-refractivity contribution in [2.75, 3.05) is 13.6 Å². The van der Waals surface area contributed by atoms with Gasteiger partial charge in [0, 0.05) is 0 Å². The van der Waals surface area contributed by atoms with Gasteiger partial charge in [0.25, 0.3) is 0 Å². The summed E-state index contributed by atoms with van der Waals surface area (Å²) in [6.07, 6.45) is 9.37. The second-order valence-electron chi connectivity index (χ2n) is 4.41. The molecule has 88 valence electrons. The molecule has 1 atom stereocenters. The molecular formula is C13H26N2. The fraction of sp³-hybridized carbons (Fsp3) is 0.923. The zero-order valence-corrected chi connectivity index (χ0v) is 10.6. The number of unbranched alkanes of at least 4 members (excludes halogenated alkanes) is 6. The van der Waals surface area contributed by atoms with Gasteiger partial charge in [0.2, 0.25) is 0 Å². The van der Waals surface area contributed by atoms with Crippen LogP contribution in [0.25, 0.3) is 0 Å². The van der Waals surface area contributed by atoms with Gasteiger partial charge in [0.1, 0.15) is 0 Å². The van der Waals surface area contributed by atoms with Crippen molar-refractivity contribution < 1.29 is 0 Å². The van der Waals surface area contributed by atoms with Crippen molar-refractivity contribution in [3.8, 4) is 6.07 Å². The van der Waals surface area contributed by atoms with Crippen molar-refractivity contribution in [3.05, 3.63) is 0 Å². The topological polar surface area (TPSA) is 27.0 Å². The van der Waals surface area contributed by atoms with Crippen molar-refractivity contribution in [1.29, 1.82) is 5.26 Å². The average molecular weight is 210 g/mol. The third kappa shape index (κ3) is 8.44. The SMILES string of the molecule is CCCCCCCCCN(C)C(C)C#N. The fourth-order valence-corrected chi connectivity index (χ4v) is 1.61. The number of hydrogen-bond acceptors (Lipinski definition) is 2. The highest BCUT2D eigenvalue weighted by atomic mass is 15.1. The molecule has 0 heterocycles. The van der Waals surface area contributed by atoms with Gasteiger partial charge in [-0.3, -0.25) is 4.90 Å². The molecule has 0 aromatic carbocycles. The Morgan fingerprint density at radius 2 is 1.60 bits per heavy atom. The molecular weight excluding hydrogens is 184 g/mol. The quantitative estimate of drug-likeness (QED) is 0.544. The Labute approximate surface area is 95.3 Å². The third-order valence-corrected chi connectivity index (χ3v) is 2.96. The van der Waals surface area contributed by atoms with E-state index in [1.54, 1.807) is 0 Å². The molecule has 0 aliphatic carbocycles. The van der Waals surface area contributed by atoms with E-state index in [1.807, 2.05) is 14.0 Å². The van der Waals surface area contributed by atoms with Gasteiger partial charge in [-0.2, -0.15) is 5.26 Å². The minimum Gasteiger partial charge on any atom is -0.291 e. The van der Waals surface area contributed by atoms with Crippen LogP contribution in [0.3, 0.4) is 0 Å². The zero-order valence-electron chi connectivity index (χ0n) is 10.6. The van der Waals surface area contributed by atoms with Gasteiger partial charge in [0.15, 0.2) is 0 Å². The van der Waals surface area contributed by atoms with Crippen molar-refractivity contribution in [2.45, 2.75) is 64.8 Å². The summed E-state index contributed by atoms with van der Waals surface area (Å²) in [5.74, 6) is 0. The van der Waals surface area contributed by atoms with E-state index in [2.05, 4.69) is 17.9 Å². The molecule has 0 aliphatic heterocycles. The summed E-state index contributed by atoms with van der Waals surface area (Å²) < 4.78 is 0. The molecule has 15 heavy (non-hydrogen) atoms. The van der Waals surface area contributed by atoms with Gasteiger partial charge in [0.05, 0.1) is 12.1 Å². The Hall–Kier alpha value is -0.550. The van der Waals surface area contributed by atoms with Gasteiger partial charge >= 0.3 is 0 Å². The van der Waals surface area contributed by atoms with Crippen LogP contribution in [0.5, 0.6) is 0 Å². The van der Waals surface area contributed by atoms with E-state index in [0.717, 1.165) is 6.54 Å². The summed E-state index contributed by atoms with van der Waals surface area (Å²) >= 11 is 0. The summed E-state index contributed by atoms with van der Waals surface area (Å²) in [5, 5.41) is 8.71. The Morgan fingerprint density at radius 1 is 1.07 bits per heavy atom. The van der Waals surface area contributed by atoms with Gasteiger partial charge in [-0.1, -0.05) is 45.4 Å². The first-order valence-electron chi connectivity index (χ1n) is 6.32. The molecule has 0 amide bonds. The van der Waals surface area contributed by atoms with Crippen molar-refractivity contribution in [3.63, 3.8) is 0 Å². The predicted octanol–water partition coefficient (Wildman–Crippen LogP) is 3.58. The number of nitriles is 1. The average Bonchev–Trinajstić information content (AvgIpc) is 2.26. The smallest absolute Gasteiger partial charge is 0.0946 e. The normalized spacial score (nSPS) is 12.7. The summed E-state index contributed by atoms with van der Waals surface area (Å²) in [5.41, 5.74) is 0. The van der Waals surface area contributed by atoms with Crippen molar-refractivity contribution in [1.82, 2.24) is 4.90 Å². The highest BCUT2D eigenvalue weighted by Crippen LogP contribution is 2.07. The lowest BCUT2D eigenvalue weighted by molar-refractivity contribution is 0.294. The minimum absolute atomic E-state index is 0.0603. The standard InChI is InChI=1S/C13H26N2/c1-4-5-6-7-8-9-10-11-15(3)13(2)12-14/h13H,4-11H2,1-3H3. The van der Waals surface area contributed by atoms with Crippen LogP contribution < -0.4 is 0 Å². The maximum atomic E-state index is 8.71. The van der Waals surface area contributed by atoms with E-state index >= 15 is 0 Å². The Bertz CT molecular complexity index is 172. The molecule has 0 spiro atoms. The molecule has 0 rings (SSSR count). The molecule has 1 unspecified atom stereocenters. The fourth-order valence-electron chi connectivity index (χ4n) is 1.61. The van der Waals surface area contributed by atoms with E-state index < -0.39 is 0 Å². The highest BCUT2D eigenvalue weighted by molar-refractivity contribution is 4.86. The summed E-state index contributed by atoms with van der Waals surface area (Å²) in [6, 6.07) is 2.32. The minimum atomic E-state index is 0.0603. The van der Waals surface area contributed by atoms with Crippen LogP contribution in [0.15, 0.2) is 0 Å². The number of hydrogen-bond donors (Lipinski definition) is 0. The molecule has 0 aliphatic rings. The highest BCUT2D eigenvalue weighted by Gasteiger charge is 2.05. The Balaban J connectivity index is 3.21. The number of rotatable bonds is 9. The van der Waals surface area contributed by atoms with Crippen LogP contribution in [0.4, 0.5) is 0 Å². The lowest BCUT2D eigenvalue weighted by Gasteiger charge is -2.18. The second-order valence-corrected chi connectivity index (χ2v) is 4.41. The zero-order chi connectivity index (χ0) is 11.5. The van der Waals surface area contributed by atoms with E-state index in [-0.39, 0.29) is 6.04 Å². The summed E-state index contributed by atoms with van der Waals surface area (Å²) in [4.78, 5) is 2.13. The van der Waals surface area contributed by atoms with Crippen LogP contribution in [0.1, 0.15) is 58.8 Å². The summed E-state index contributed by atoms with van der Waals surface area (Å²) in [7, 11) is 2.03. The summed E-state index contributed by atoms with van der Waals surface area (Å²) in [6.45, 7) is 5.27. The molecule has 0 bridgehead atoms. The van der Waals surface area contributed by atoms with E-state index in [1.165, 1.54) is 44.9 Å². The molecule has 0 N–H and O–H groups in total. The molecule has 0 saturated carbocycles. The Kier molecular flexibility index (Phi) is 9.62. The van der Waals surface area contributed by atoms with Crippen LogP contribution in [-0.4, -0.2) is 24.5 Å². The largest absolute Gasteiger partial charge is 0.291 e. The molecule has 0 aromatic heterocycles. The molecule has 0 aromatic rings. The molecule has 2 heteroatoms. The second kappa shape index (κ2) is 9.98. The van der Waals surface area contributed by atoms with Crippen LogP contribution in [0, 0.1) is 11.3 Å². The van der Waals surface area contributed by atoms with E-state index in [4.69, 9.17) is 5.26 Å². The van der Waals surface area contributed by atoms with Gasteiger partial charge in [-0.15, -0.1) is 0 Å². The lowest BCUT2D eigenvalue weighted by Crippen LogP contribution is -2.28. The van der Waals surface area contributed by atoms with E-state index in [0.29, 0.717) is 0 Å². The Morgan fingerprint density at radius 3 is 2.13 bits per heavy atom. The monoisotopic (exact) mass is 210 g/mol. The molecule has 2 nitrogen and oxygen atoms in total. The maximum Gasteiger partial charge on any atom is 0.0946 e. The lowest BCUT2D eigenvalue weighted by atomic mass is 10.1. The van der Waals surface area contributed by atoms with Gasteiger partial charge < -0.3 is 0 Å². The first-order valence-corrected chi connectivity index (χ1v) is 6.32. The molecule has 0 saturated heterocycles. The predicted molar refractivity (Wildman–Crippen MR) is 65.7 cm³/mol. The van der Waals surface area contributed by atoms with Gasteiger partial charge in [-0.25, -0.2) is 0 Å². The van der Waals surface area contributed by atoms with Crippen molar-refractivity contribution >= 4 is 0 Å².